The minimum Gasteiger partial charge on any atom is -0.313 e. The first kappa shape index (κ1) is 6.67. The van der Waals surface area contributed by atoms with Crippen molar-refractivity contribution in [1.82, 2.24) is 14.9 Å². The van der Waals surface area contributed by atoms with E-state index in [1.807, 2.05) is 0 Å². The second-order valence-corrected chi connectivity index (χ2v) is 2.78. The van der Waals surface area contributed by atoms with Crippen LogP contribution in [0.5, 0.6) is 0 Å². The average Bonchev–Trinajstić information content (AvgIpc) is 2.55. The number of aromatic nitrogens is 2. The van der Waals surface area contributed by atoms with Crippen molar-refractivity contribution in [2.45, 2.75) is 19.0 Å². The first-order valence-electron chi connectivity index (χ1n) is 3.87. The summed E-state index contributed by atoms with van der Waals surface area (Å²) < 4.78 is 1.70. The number of nitrogens with one attached hydrogen (secondary N) is 2. The third-order valence-electron chi connectivity index (χ3n) is 2.05. The smallest absolute Gasteiger partial charge is 0.313 e. The van der Waals surface area contributed by atoms with E-state index in [0.29, 0.717) is 0 Å². The Morgan fingerprint density at radius 1 is 1.64 bits per heavy atom. The molecule has 1 saturated heterocycles. The molecule has 0 saturated carbocycles. The van der Waals surface area contributed by atoms with E-state index in [1.54, 1.807) is 17.0 Å². The Balaban J connectivity index is 2.28. The average molecular weight is 153 g/mol. The summed E-state index contributed by atoms with van der Waals surface area (Å²) in [5.41, 5.74) is -0.0237. The summed E-state index contributed by atoms with van der Waals surface area (Å²) in [5.74, 6) is 0. The molecule has 0 aromatic carbocycles. The molecule has 1 aromatic rings. The Bertz CT molecular complexity index is 282. The Kier molecular flexibility index (Phi) is 1.54. The molecule has 4 heteroatoms. The van der Waals surface area contributed by atoms with Crippen LogP contribution in [0.2, 0.25) is 0 Å². The largest absolute Gasteiger partial charge is 0.326 e. The lowest BCUT2D eigenvalue weighted by Gasteiger charge is -2.09. The van der Waals surface area contributed by atoms with Crippen LogP contribution < -0.4 is 11.0 Å². The molecule has 0 bridgehead atoms. The summed E-state index contributed by atoms with van der Waals surface area (Å²) in [5, 5.41) is 3.24. The van der Waals surface area contributed by atoms with Crippen LogP contribution in [0.4, 0.5) is 0 Å². The van der Waals surface area contributed by atoms with Crippen molar-refractivity contribution >= 4 is 0 Å². The highest BCUT2D eigenvalue weighted by Gasteiger charge is 2.16. The first-order chi connectivity index (χ1) is 5.38. The highest BCUT2D eigenvalue weighted by Crippen LogP contribution is 2.13. The van der Waals surface area contributed by atoms with Crippen LogP contribution >= 0.6 is 0 Å². The van der Waals surface area contributed by atoms with Crippen molar-refractivity contribution < 1.29 is 0 Å². The standard InChI is InChI=1S/C7H11N3O/c11-7-9-4-5-10(7)6-2-1-3-8-6/h4-6,8H,1-3H2,(H,9,11). The van der Waals surface area contributed by atoms with Gasteiger partial charge in [0.2, 0.25) is 0 Å². The fourth-order valence-electron chi connectivity index (χ4n) is 1.48. The summed E-state index contributed by atoms with van der Waals surface area (Å²) in [6.45, 7) is 1.02. The van der Waals surface area contributed by atoms with Gasteiger partial charge in [0.25, 0.3) is 0 Å². The SMILES string of the molecule is O=c1[nH]ccn1C1CCCN1. The van der Waals surface area contributed by atoms with Gasteiger partial charge in [-0.3, -0.25) is 9.88 Å². The number of aromatic amines is 1. The molecule has 0 amide bonds. The summed E-state index contributed by atoms with van der Waals surface area (Å²) >= 11 is 0. The summed E-state index contributed by atoms with van der Waals surface area (Å²) in [6.07, 6.45) is 5.88. The monoisotopic (exact) mass is 153 g/mol. The molecule has 1 fully saturated rings. The zero-order valence-corrected chi connectivity index (χ0v) is 6.21. The number of hydrogen-bond acceptors (Lipinski definition) is 2. The number of imidazole rings is 1. The highest BCUT2D eigenvalue weighted by molar-refractivity contribution is 4.82. The van der Waals surface area contributed by atoms with E-state index in [0.717, 1.165) is 19.4 Å². The maximum atomic E-state index is 11.1. The van der Waals surface area contributed by atoms with Crippen molar-refractivity contribution in [3.05, 3.63) is 22.9 Å². The zero-order chi connectivity index (χ0) is 7.68. The van der Waals surface area contributed by atoms with E-state index in [4.69, 9.17) is 0 Å². The normalized spacial score (nSPS) is 24.2. The van der Waals surface area contributed by atoms with Gasteiger partial charge in [0.05, 0.1) is 6.17 Å². The molecule has 1 aliphatic rings. The van der Waals surface area contributed by atoms with Crippen molar-refractivity contribution in [2.24, 2.45) is 0 Å². The quantitative estimate of drug-likeness (QED) is 0.599. The molecule has 1 unspecified atom stereocenters. The van der Waals surface area contributed by atoms with Crippen LogP contribution in [0.15, 0.2) is 17.2 Å². The van der Waals surface area contributed by atoms with Crippen LogP contribution in [0.3, 0.4) is 0 Å². The Morgan fingerprint density at radius 3 is 3.09 bits per heavy atom. The van der Waals surface area contributed by atoms with Crippen molar-refractivity contribution in [3.8, 4) is 0 Å². The zero-order valence-electron chi connectivity index (χ0n) is 6.21. The minimum atomic E-state index is -0.0237. The van der Waals surface area contributed by atoms with E-state index < -0.39 is 0 Å². The van der Waals surface area contributed by atoms with Crippen molar-refractivity contribution in [1.29, 1.82) is 0 Å². The van der Waals surface area contributed by atoms with Crippen LogP contribution in [0.1, 0.15) is 19.0 Å². The fraction of sp³-hybridized carbons (Fsp3) is 0.571. The van der Waals surface area contributed by atoms with Gasteiger partial charge in [-0.25, -0.2) is 4.79 Å². The van der Waals surface area contributed by atoms with Crippen molar-refractivity contribution in [3.63, 3.8) is 0 Å². The molecule has 1 atom stereocenters. The van der Waals surface area contributed by atoms with E-state index in [2.05, 4.69) is 10.3 Å². The van der Waals surface area contributed by atoms with Crippen LogP contribution in [0.25, 0.3) is 0 Å². The predicted octanol–water partition coefficient (Wildman–Crippen LogP) is 0.0584. The van der Waals surface area contributed by atoms with Crippen LogP contribution in [0, 0.1) is 0 Å². The predicted molar refractivity (Wildman–Crippen MR) is 41.3 cm³/mol. The highest BCUT2D eigenvalue weighted by atomic mass is 16.1. The van der Waals surface area contributed by atoms with Crippen LogP contribution in [-0.4, -0.2) is 16.1 Å². The van der Waals surface area contributed by atoms with E-state index >= 15 is 0 Å². The summed E-state index contributed by atoms with van der Waals surface area (Å²) in [6, 6.07) is 0. The molecule has 2 N–H and O–H groups in total. The molecular formula is C7H11N3O. The number of hydrogen-bond donors (Lipinski definition) is 2. The summed E-state index contributed by atoms with van der Waals surface area (Å²) in [7, 11) is 0. The summed E-state index contributed by atoms with van der Waals surface area (Å²) in [4.78, 5) is 13.7. The number of H-pyrrole nitrogens is 1. The van der Waals surface area contributed by atoms with Gasteiger partial charge in [0.15, 0.2) is 0 Å². The topological polar surface area (TPSA) is 49.8 Å². The molecule has 4 nitrogen and oxygen atoms in total. The molecule has 2 rings (SSSR count). The second-order valence-electron chi connectivity index (χ2n) is 2.78. The van der Waals surface area contributed by atoms with Gasteiger partial charge in [0.1, 0.15) is 0 Å². The lowest BCUT2D eigenvalue weighted by molar-refractivity contribution is 0.457. The van der Waals surface area contributed by atoms with E-state index in [-0.39, 0.29) is 11.9 Å². The molecule has 0 radical (unpaired) electrons. The lowest BCUT2D eigenvalue weighted by atomic mass is 10.3. The van der Waals surface area contributed by atoms with Gasteiger partial charge in [-0.15, -0.1) is 0 Å². The Hall–Kier alpha value is -1.03. The molecule has 1 aliphatic heterocycles. The lowest BCUT2D eigenvalue weighted by Crippen LogP contribution is -2.27. The van der Waals surface area contributed by atoms with Crippen LogP contribution in [-0.2, 0) is 0 Å². The maximum absolute atomic E-state index is 11.1. The number of rotatable bonds is 1. The van der Waals surface area contributed by atoms with Gasteiger partial charge in [-0.05, 0) is 19.4 Å². The van der Waals surface area contributed by atoms with Gasteiger partial charge >= 0.3 is 5.69 Å². The third-order valence-corrected chi connectivity index (χ3v) is 2.05. The molecule has 2 heterocycles. The third kappa shape index (κ3) is 1.09. The minimum absolute atomic E-state index is 0.0237. The molecule has 60 valence electrons. The second kappa shape index (κ2) is 2.54. The first-order valence-corrected chi connectivity index (χ1v) is 3.87. The van der Waals surface area contributed by atoms with Gasteiger partial charge in [-0.1, -0.05) is 0 Å². The fourth-order valence-corrected chi connectivity index (χ4v) is 1.48. The number of nitrogens with zero attached hydrogens (tertiary/aromatic N) is 1. The Labute approximate surface area is 64.2 Å². The maximum Gasteiger partial charge on any atom is 0.326 e. The van der Waals surface area contributed by atoms with Gasteiger partial charge in [0, 0.05) is 12.4 Å². The van der Waals surface area contributed by atoms with Gasteiger partial charge < -0.3 is 4.98 Å². The molecular weight excluding hydrogens is 142 g/mol. The van der Waals surface area contributed by atoms with Crippen molar-refractivity contribution in [2.75, 3.05) is 6.54 Å². The molecule has 11 heavy (non-hydrogen) atoms. The Morgan fingerprint density at radius 2 is 2.55 bits per heavy atom. The van der Waals surface area contributed by atoms with E-state index in [1.165, 1.54) is 0 Å². The molecule has 1 aromatic heterocycles. The van der Waals surface area contributed by atoms with Gasteiger partial charge in [-0.2, -0.15) is 0 Å². The van der Waals surface area contributed by atoms with E-state index in [9.17, 15) is 4.79 Å². The molecule has 0 aliphatic carbocycles. The molecule has 0 spiro atoms.